The summed E-state index contributed by atoms with van der Waals surface area (Å²) in [5.74, 6) is 1.27. The van der Waals surface area contributed by atoms with Crippen molar-refractivity contribution >= 4 is 33.2 Å². The number of halogens is 1. The molecule has 0 radical (unpaired) electrons. The molecule has 158 valence electrons. The number of nitrogen functional groups attached to an aromatic ring is 1. The van der Waals surface area contributed by atoms with Crippen molar-refractivity contribution in [3.63, 3.8) is 0 Å². The number of benzene rings is 1. The molecule has 1 aromatic carbocycles. The first-order valence-electron chi connectivity index (χ1n) is 9.58. The van der Waals surface area contributed by atoms with Crippen molar-refractivity contribution in [2.24, 2.45) is 5.92 Å². The molecule has 9 heteroatoms. The fourth-order valence-electron chi connectivity index (χ4n) is 3.61. The number of aryl methyl sites for hydroxylation is 1. The summed E-state index contributed by atoms with van der Waals surface area (Å²) in [7, 11) is -3.14. The van der Waals surface area contributed by atoms with E-state index in [-0.39, 0.29) is 17.7 Å². The molecule has 0 aliphatic carbocycles. The zero-order chi connectivity index (χ0) is 21.2. The molecule has 2 aromatic rings. The minimum atomic E-state index is -3.14. The van der Waals surface area contributed by atoms with E-state index >= 15 is 0 Å². The standard InChI is InChI=1S/C20H27ClN4O3S/c1-4-14-9-25(19-7-13(2)23-20(22)24-19)18(11-28-10-14)16-6-5-15(8-17(16)21)12-29(3,26)27/h5-8,14,18H,4,9-12H2,1-3H3,(H2,22,23,24)/t14-,18-/m1/s1. The molecule has 0 spiro atoms. The molecule has 1 aliphatic heterocycles. The maximum atomic E-state index is 11.6. The minimum absolute atomic E-state index is 0.0442. The van der Waals surface area contributed by atoms with Gasteiger partial charge >= 0.3 is 0 Å². The Bertz CT molecular complexity index is 963. The van der Waals surface area contributed by atoms with Gasteiger partial charge in [0.15, 0.2) is 9.84 Å². The number of hydrogen-bond donors (Lipinski definition) is 1. The Hall–Kier alpha value is -1.90. The first-order chi connectivity index (χ1) is 13.7. The second-order valence-electron chi connectivity index (χ2n) is 7.63. The maximum absolute atomic E-state index is 11.6. The number of sulfone groups is 1. The molecule has 2 heterocycles. The van der Waals surface area contributed by atoms with Gasteiger partial charge in [0.25, 0.3) is 0 Å². The van der Waals surface area contributed by atoms with E-state index in [1.165, 1.54) is 6.26 Å². The van der Waals surface area contributed by atoms with Gasteiger partial charge in [0.05, 0.1) is 25.0 Å². The Kier molecular flexibility index (Phi) is 6.65. The lowest BCUT2D eigenvalue weighted by atomic mass is 10.0. The van der Waals surface area contributed by atoms with Crippen LogP contribution in [0.2, 0.25) is 5.02 Å². The van der Waals surface area contributed by atoms with E-state index in [0.717, 1.165) is 30.0 Å². The average molecular weight is 439 g/mol. The topological polar surface area (TPSA) is 98.4 Å². The molecule has 0 bridgehead atoms. The summed E-state index contributed by atoms with van der Waals surface area (Å²) < 4.78 is 29.2. The van der Waals surface area contributed by atoms with Crippen LogP contribution in [0.3, 0.4) is 0 Å². The predicted molar refractivity (Wildman–Crippen MR) is 116 cm³/mol. The Balaban J connectivity index is 2.02. The van der Waals surface area contributed by atoms with Gasteiger partial charge in [0.2, 0.25) is 5.95 Å². The van der Waals surface area contributed by atoms with Crippen LogP contribution in [-0.2, 0) is 20.3 Å². The van der Waals surface area contributed by atoms with Crippen LogP contribution >= 0.6 is 11.6 Å². The molecule has 1 saturated heterocycles. The summed E-state index contributed by atoms with van der Waals surface area (Å²) in [5.41, 5.74) is 8.23. The van der Waals surface area contributed by atoms with Crippen molar-refractivity contribution in [1.82, 2.24) is 9.97 Å². The van der Waals surface area contributed by atoms with Crippen LogP contribution in [-0.4, -0.2) is 44.4 Å². The molecule has 1 aliphatic rings. The lowest BCUT2D eigenvalue weighted by Gasteiger charge is -2.33. The highest BCUT2D eigenvalue weighted by Crippen LogP contribution is 2.35. The third-order valence-electron chi connectivity index (χ3n) is 5.04. The fourth-order valence-corrected chi connectivity index (χ4v) is 4.72. The molecule has 3 rings (SSSR count). The minimum Gasteiger partial charge on any atom is -0.379 e. The molecule has 1 aromatic heterocycles. The molecule has 1 fully saturated rings. The van der Waals surface area contributed by atoms with Crippen molar-refractivity contribution in [3.05, 3.63) is 46.1 Å². The van der Waals surface area contributed by atoms with Gasteiger partial charge in [0.1, 0.15) is 5.82 Å². The van der Waals surface area contributed by atoms with Gasteiger partial charge in [-0.05, 0) is 36.5 Å². The smallest absolute Gasteiger partial charge is 0.222 e. The van der Waals surface area contributed by atoms with Crippen LogP contribution in [0.4, 0.5) is 11.8 Å². The zero-order valence-electron chi connectivity index (χ0n) is 16.9. The van der Waals surface area contributed by atoms with E-state index in [1.807, 2.05) is 25.1 Å². The zero-order valence-corrected chi connectivity index (χ0v) is 18.5. The van der Waals surface area contributed by atoms with Gasteiger partial charge in [0, 0.05) is 29.6 Å². The normalized spacial score (nSPS) is 20.5. The second kappa shape index (κ2) is 8.85. The van der Waals surface area contributed by atoms with E-state index < -0.39 is 9.84 Å². The summed E-state index contributed by atoms with van der Waals surface area (Å²) in [4.78, 5) is 10.8. The van der Waals surface area contributed by atoms with Crippen LogP contribution < -0.4 is 10.6 Å². The number of aromatic nitrogens is 2. The summed E-state index contributed by atoms with van der Waals surface area (Å²) >= 11 is 6.60. The summed E-state index contributed by atoms with van der Waals surface area (Å²) in [6.07, 6.45) is 2.19. The quantitative estimate of drug-likeness (QED) is 0.765. The van der Waals surface area contributed by atoms with Gasteiger partial charge in [-0.15, -0.1) is 0 Å². The van der Waals surface area contributed by atoms with Crippen molar-refractivity contribution in [2.45, 2.75) is 32.1 Å². The van der Waals surface area contributed by atoms with Gasteiger partial charge < -0.3 is 15.4 Å². The van der Waals surface area contributed by atoms with Gasteiger partial charge in [-0.25, -0.2) is 13.4 Å². The van der Waals surface area contributed by atoms with Crippen LogP contribution in [0, 0.1) is 12.8 Å². The van der Waals surface area contributed by atoms with Gasteiger partial charge in [-0.3, -0.25) is 0 Å². The van der Waals surface area contributed by atoms with E-state index in [2.05, 4.69) is 21.8 Å². The Morgan fingerprint density at radius 2 is 2.03 bits per heavy atom. The molecule has 0 amide bonds. The SMILES string of the molecule is CC[C@H]1COC[C@H](c2ccc(CS(C)(=O)=O)cc2Cl)N(c2cc(C)nc(N)n2)C1. The summed E-state index contributed by atoms with van der Waals surface area (Å²) in [6.45, 7) is 5.88. The van der Waals surface area contributed by atoms with Crippen molar-refractivity contribution in [1.29, 1.82) is 0 Å². The van der Waals surface area contributed by atoms with E-state index in [9.17, 15) is 8.42 Å². The molecular weight excluding hydrogens is 412 g/mol. The Labute approximate surface area is 177 Å². The first-order valence-corrected chi connectivity index (χ1v) is 12.0. The van der Waals surface area contributed by atoms with Crippen molar-refractivity contribution < 1.29 is 13.2 Å². The van der Waals surface area contributed by atoms with Crippen molar-refractivity contribution in [2.75, 3.05) is 36.6 Å². The van der Waals surface area contributed by atoms with Crippen LogP contribution in [0.25, 0.3) is 0 Å². The summed E-state index contributed by atoms with van der Waals surface area (Å²) in [5, 5.41) is 0.512. The number of nitrogens with two attached hydrogens (primary N) is 1. The number of rotatable bonds is 5. The lowest BCUT2D eigenvalue weighted by molar-refractivity contribution is 0.109. The highest BCUT2D eigenvalue weighted by molar-refractivity contribution is 7.89. The maximum Gasteiger partial charge on any atom is 0.222 e. The molecule has 7 nitrogen and oxygen atoms in total. The number of ether oxygens (including phenoxy) is 1. The lowest BCUT2D eigenvalue weighted by Crippen LogP contribution is -2.34. The molecule has 29 heavy (non-hydrogen) atoms. The first kappa shape index (κ1) is 21.8. The average Bonchev–Trinajstić information content (AvgIpc) is 2.82. The monoisotopic (exact) mass is 438 g/mol. The molecular formula is C20H27ClN4O3S. The third kappa shape index (κ3) is 5.58. The van der Waals surface area contributed by atoms with E-state index in [4.69, 9.17) is 22.1 Å². The van der Waals surface area contributed by atoms with E-state index in [0.29, 0.717) is 29.7 Å². The van der Waals surface area contributed by atoms with Gasteiger partial charge in [-0.1, -0.05) is 30.7 Å². The predicted octanol–water partition coefficient (Wildman–Crippen LogP) is 3.17. The molecule has 0 unspecified atom stereocenters. The summed E-state index contributed by atoms with van der Waals surface area (Å²) in [6, 6.07) is 7.15. The van der Waals surface area contributed by atoms with Crippen molar-refractivity contribution in [3.8, 4) is 0 Å². The highest BCUT2D eigenvalue weighted by Gasteiger charge is 2.30. The second-order valence-corrected chi connectivity index (χ2v) is 10.2. The fraction of sp³-hybridized carbons (Fsp3) is 0.500. The Morgan fingerprint density at radius 3 is 2.66 bits per heavy atom. The highest BCUT2D eigenvalue weighted by atomic mass is 35.5. The molecule has 2 atom stereocenters. The van der Waals surface area contributed by atoms with Crippen LogP contribution in [0.15, 0.2) is 24.3 Å². The van der Waals surface area contributed by atoms with Gasteiger partial charge in [-0.2, -0.15) is 4.98 Å². The number of anilines is 2. The molecule has 0 saturated carbocycles. The number of hydrogen-bond acceptors (Lipinski definition) is 7. The number of nitrogens with zero attached hydrogens (tertiary/aromatic N) is 3. The van der Waals surface area contributed by atoms with Crippen LogP contribution in [0.5, 0.6) is 0 Å². The van der Waals surface area contributed by atoms with E-state index in [1.54, 1.807) is 6.07 Å². The Morgan fingerprint density at radius 1 is 1.28 bits per heavy atom. The third-order valence-corrected chi connectivity index (χ3v) is 6.23. The molecule has 2 N–H and O–H groups in total. The largest absolute Gasteiger partial charge is 0.379 e. The van der Waals surface area contributed by atoms with Crippen LogP contribution in [0.1, 0.15) is 36.2 Å².